The second-order valence-electron chi connectivity index (χ2n) is 7.68. The summed E-state index contributed by atoms with van der Waals surface area (Å²) in [6.45, 7) is 6.80. The first kappa shape index (κ1) is 23.7. The molecule has 158 valence electrons. The van der Waals surface area contributed by atoms with Crippen LogP contribution in [0.15, 0.2) is 65.7 Å². The maximum Gasteiger partial charge on any atom is 0.193 e. The molecule has 2 unspecified atom stereocenters. The third-order valence-corrected chi connectivity index (χ3v) is 5.49. The lowest BCUT2D eigenvalue weighted by Crippen LogP contribution is -2.40. The maximum absolute atomic E-state index is 5.94. The normalized spacial score (nSPS) is 17.7. The molecule has 5 heteroatoms. The SMILES string of the molecule is CN=C(NCCC(C)c1ccccc1)N1CCC(COCc2ccccc2)C1.I. The highest BCUT2D eigenvalue weighted by molar-refractivity contribution is 14.0. The van der Waals surface area contributed by atoms with Crippen LogP contribution in [0.25, 0.3) is 0 Å². The molecule has 1 heterocycles. The van der Waals surface area contributed by atoms with E-state index in [0.717, 1.165) is 45.0 Å². The van der Waals surface area contributed by atoms with E-state index in [4.69, 9.17) is 4.74 Å². The second-order valence-corrected chi connectivity index (χ2v) is 7.68. The summed E-state index contributed by atoms with van der Waals surface area (Å²) in [5, 5.41) is 3.55. The van der Waals surface area contributed by atoms with Gasteiger partial charge in [0.15, 0.2) is 5.96 Å². The van der Waals surface area contributed by atoms with E-state index in [1.807, 2.05) is 13.1 Å². The van der Waals surface area contributed by atoms with Crippen molar-refractivity contribution in [3.05, 3.63) is 71.8 Å². The Kier molecular flexibility index (Phi) is 10.5. The van der Waals surface area contributed by atoms with Crippen LogP contribution in [-0.4, -0.2) is 44.1 Å². The lowest BCUT2D eigenvalue weighted by molar-refractivity contribution is 0.0907. The second kappa shape index (κ2) is 12.9. The van der Waals surface area contributed by atoms with Crippen LogP contribution in [0.3, 0.4) is 0 Å². The summed E-state index contributed by atoms with van der Waals surface area (Å²) in [5.74, 6) is 2.14. The molecule has 4 nitrogen and oxygen atoms in total. The molecule has 1 fully saturated rings. The molecule has 29 heavy (non-hydrogen) atoms. The van der Waals surface area contributed by atoms with Crippen LogP contribution in [0.2, 0.25) is 0 Å². The molecule has 2 aromatic rings. The third-order valence-electron chi connectivity index (χ3n) is 5.49. The lowest BCUT2D eigenvalue weighted by Gasteiger charge is -2.22. The van der Waals surface area contributed by atoms with Crippen LogP contribution in [-0.2, 0) is 11.3 Å². The van der Waals surface area contributed by atoms with E-state index in [-0.39, 0.29) is 24.0 Å². The fraction of sp³-hybridized carbons (Fsp3) is 0.458. The molecule has 0 saturated carbocycles. The zero-order valence-electron chi connectivity index (χ0n) is 17.6. The van der Waals surface area contributed by atoms with Crippen LogP contribution in [0, 0.1) is 5.92 Å². The van der Waals surface area contributed by atoms with Crippen molar-refractivity contribution in [2.45, 2.75) is 32.3 Å². The number of ether oxygens (including phenoxy) is 1. The van der Waals surface area contributed by atoms with E-state index in [1.54, 1.807) is 0 Å². The molecule has 2 aromatic carbocycles. The van der Waals surface area contributed by atoms with Crippen LogP contribution >= 0.6 is 24.0 Å². The Hall–Kier alpha value is -1.60. The molecule has 2 atom stereocenters. The number of nitrogens with zero attached hydrogens (tertiary/aromatic N) is 2. The molecule has 1 N–H and O–H groups in total. The number of nitrogens with one attached hydrogen (secondary N) is 1. The Morgan fingerprint density at radius 1 is 1.14 bits per heavy atom. The highest BCUT2D eigenvalue weighted by Gasteiger charge is 2.25. The average Bonchev–Trinajstić information content (AvgIpc) is 3.21. The molecular weight excluding hydrogens is 473 g/mol. The topological polar surface area (TPSA) is 36.9 Å². The predicted octanol–water partition coefficient (Wildman–Crippen LogP) is 4.91. The van der Waals surface area contributed by atoms with E-state index in [2.05, 4.69) is 76.7 Å². The number of guanidine groups is 1. The average molecular weight is 507 g/mol. The van der Waals surface area contributed by atoms with Crippen LogP contribution in [0.5, 0.6) is 0 Å². The molecule has 0 spiro atoms. The predicted molar refractivity (Wildman–Crippen MR) is 132 cm³/mol. The van der Waals surface area contributed by atoms with Gasteiger partial charge in [0, 0.05) is 32.6 Å². The molecule has 0 bridgehead atoms. The van der Waals surface area contributed by atoms with E-state index in [9.17, 15) is 0 Å². The highest BCUT2D eigenvalue weighted by Crippen LogP contribution is 2.19. The minimum Gasteiger partial charge on any atom is -0.376 e. The Morgan fingerprint density at radius 3 is 2.52 bits per heavy atom. The van der Waals surface area contributed by atoms with Gasteiger partial charge in [-0.05, 0) is 29.9 Å². The summed E-state index contributed by atoms with van der Waals surface area (Å²) < 4.78 is 5.94. The van der Waals surface area contributed by atoms with Gasteiger partial charge in [-0.25, -0.2) is 0 Å². The monoisotopic (exact) mass is 507 g/mol. The van der Waals surface area contributed by atoms with Gasteiger partial charge in [-0.15, -0.1) is 24.0 Å². The van der Waals surface area contributed by atoms with Crippen molar-refractivity contribution in [1.82, 2.24) is 10.2 Å². The quantitative estimate of drug-likeness (QED) is 0.314. The molecule has 0 aliphatic carbocycles. The first-order chi connectivity index (χ1) is 13.8. The first-order valence-corrected chi connectivity index (χ1v) is 10.4. The van der Waals surface area contributed by atoms with Crippen molar-refractivity contribution in [3.8, 4) is 0 Å². The van der Waals surface area contributed by atoms with Gasteiger partial charge in [0.2, 0.25) is 0 Å². The van der Waals surface area contributed by atoms with Crippen LogP contribution < -0.4 is 5.32 Å². The number of hydrogen-bond acceptors (Lipinski definition) is 2. The molecule has 1 aliphatic rings. The Balaban J connectivity index is 0.00000300. The lowest BCUT2D eigenvalue weighted by atomic mass is 9.98. The van der Waals surface area contributed by atoms with Crippen molar-refractivity contribution in [2.75, 3.05) is 33.3 Å². The summed E-state index contributed by atoms with van der Waals surface area (Å²) in [6.07, 6.45) is 2.26. The molecule has 0 aromatic heterocycles. The first-order valence-electron chi connectivity index (χ1n) is 10.4. The number of aliphatic imine (C=N–C) groups is 1. The van der Waals surface area contributed by atoms with E-state index in [0.29, 0.717) is 18.4 Å². The Bertz CT molecular complexity index is 723. The minimum atomic E-state index is 0. The van der Waals surface area contributed by atoms with Crippen molar-refractivity contribution in [2.24, 2.45) is 10.9 Å². The molecule has 1 aliphatic heterocycles. The number of hydrogen-bond donors (Lipinski definition) is 1. The molecule has 1 saturated heterocycles. The van der Waals surface area contributed by atoms with E-state index >= 15 is 0 Å². The summed E-state index contributed by atoms with van der Waals surface area (Å²) in [5.41, 5.74) is 2.64. The Labute approximate surface area is 192 Å². The van der Waals surface area contributed by atoms with Gasteiger partial charge in [-0.3, -0.25) is 4.99 Å². The Morgan fingerprint density at radius 2 is 1.83 bits per heavy atom. The molecular formula is C24H34IN3O. The van der Waals surface area contributed by atoms with Crippen molar-refractivity contribution >= 4 is 29.9 Å². The van der Waals surface area contributed by atoms with Gasteiger partial charge in [-0.2, -0.15) is 0 Å². The van der Waals surface area contributed by atoms with E-state index < -0.39 is 0 Å². The zero-order valence-corrected chi connectivity index (χ0v) is 19.9. The summed E-state index contributed by atoms with van der Waals surface area (Å²) in [7, 11) is 1.88. The van der Waals surface area contributed by atoms with Crippen molar-refractivity contribution in [1.29, 1.82) is 0 Å². The summed E-state index contributed by atoms with van der Waals surface area (Å²) >= 11 is 0. The largest absolute Gasteiger partial charge is 0.376 e. The van der Waals surface area contributed by atoms with Gasteiger partial charge < -0.3 is 15.0 Å². The third kappa shape index (κ3) is 7.63. The van der Waals surface area contributed by atoms with Gasteiger partial charge >= 0.3 is 0 Å². The van der Waals surface area contributed by atoms with E-state index in [1.165, 1.54) is 11.1 Å². The zero-order chi connectivity index (χ0) is 19.6. The number of likely N-dealkylation sites (tertiary alicyclic amines) is 1. The number of rotatable bonds is 8. The van der Waals surface area contributed by atoms with Crippen LogP contribution in [0.1, 0.15) is 36.8 Å². The molecule has 0 radical (unpaired) electrons. The fourth-order valence-electron chi connectivity index (χ4n) is 3.76. The standard InChI is InChI=1S/C24H33N3O.HI/c1-20(23-11-7-4-8-12-23)13-15-26-24(25-2)27-16-14-22(17-27)19-28-18-21-9-5-3-6-10-21;/h3-12,20,22H,13-19H2,1-2H3,(H,25,26);1H. The minimum absolute atomic E-state index is 0. The van der Waals surface area contributed by atoms with Gasteiger partial charge in [0.05, 0.1) is 13.2 Å². The fourth-order valence-corrected chi connectivity index (χ4v) is 3.76. The van der Waals surface area contributed by atoms with Crippen LogP contribution in [0.4, 0.5) is 0 Å². The highest BCUT2D eigenvalue weighted by atomic mass is 127. The maximum atomic E-state index is 5.94. The smallest absolute Gasteiger partial charge is 0.193 e. The van der Waals surface area contributed by atoms with Gasteiger partial charge in [-0.1, -0.05) is 67.6 Å². The van der Waals surface area contributed by atoms with Gasteiger partial charge in [0.1, 0.15) is 0 Å². The van der Waals surface area contributed by atoms with Crippen molar-refractivity contribution in [3.63, 3.8) is 0 Å². The summed E-state index contributed by atoms with van der Waals surface area (Å²) in [4.78, 5) is 6.86. The molecule has 0 amide bonds. The van der Waals surface area contributed by atoms with Gasteiger partial charge in [0.25, 0.3) is 0 Å². The summed E-state index contributed by atoms with van der Waals surface area (Å²) in [6, 6.07) is 21.1. The number of halogens is 1. The van der Waals surface area contributed by atoms with Crippen molar-refractivity contribution < 1.29 is 4.74 Å². The number of benzene rings is 2. The molecule has 3 rings (SSSR count).